The van der Waals surface area contributed by atoms with Gasteiger partial charge in [-0.15, -0.1) is 0 Å². The quantitative estimate of drug-likeness (QED) is 0.331. The third-order valence-electron chi connectivity index (χ3n) is 2.58. The summed E-state index contributed by atoms with van der Waals surface area (Å²) in [5.74, 6) is 0. The van der Waals surface area contributed by atoms with Gasteiger partial charge in [-0.3, -0.25) is 0 Å². The number of carbonyl (C=O) groups excluding carboxylic acids is 2. The molecule has 0 saturated carbocycles. The van der Waals surface area contributed by atoms with Crippen LogP contribution in [0.2, 0.25) is 0 Å². The Hall–Kier alpha value is -1.32. The summed E-state index contributed by atoms with van der Waals surface area (Å²) in [6.07, 6.45) is 7.44. The molecule has 0 spiro atoms. The number of isocyanates is 2. The van der Waals surface area contributed by atoms with Crippen LogP contribution in [0.3, 0.4) is 0 Å². The highest BCUT2D eigenvalue weighted by molar-refractivity contribution is 5.33. The molecule has 0 saturated heterocycles. The van der Waals surface area contributed by atoms with Gasteiger partial charge in [-0.25, -0.2) is 9.59 Å². The van der Waals surface area contributed by atoms with Crippen molar-refractivity contribution in [2.75, 3.05) is 0 Å². The molecule has 2 atom stereocenters. The van der Waals surface area contributed by atoms with Crippen molar-refractivity contribution >= 4 is 12.2 Å². The summed E-state index contributed by atoms with van der Waals surface area (Å²) in [7, 11) is 0. The molecule has 2 unspecified atom stereocenters. The van der Waals surface area contributed by atoms with Crippen LogP contribution in [0.5, 0.6) is 0 Å². The van der Waals surface area contributed by atoms with E-state index in [1.165, 1.54) is 12.2 Å². The molecule has 0 amide bonds. The number of aliphatic hydroxyl groups is 2. The van der Waals surface area contributed by atoms with Crippen LogP contribution in [0.15, 0.2) is 9.98 Å². The SMILES string of the molecule is O=C=NC(O)CCCCCCCCC(O)N=C=O. The fraction of sp³-hybridized carbons (Fsp3) is 0.833. The lowest BCUT2D eigenvalue weighted by atomic mass is 10.1. The summed E-state index contributed by atoms with van der Waals surface area (Å²) >= 11 is 0. The molecule has 0 aromatic heterocycles. The number of aliphatic imine (C=N–C) groups is 2. The van der Waals surface area contributed by atoms with E-state index in [2.05, 4.69) is 9.98 Å². The molecule has 0 aliphatic carbocycles. The maximum absolute atomic E-state index is 9.82. The molecular weight excluding hydrogens is 236 g/mol. The maximum atomic E-state index is 9.82. The second-order valence-corrected chi connectivity index (χ2v) is 4.10. The molecule has 2 N–H and O–H groups in total. The Morgan fingerprint density at radius 3 is 1.39 bits per heavy atom. The fourth-order valence-corrected chi connectivity index (χ4v) is 1.61. The second kappa shape index (κ2) is 12.1. The normalized spacial score (nSPS) is 13.2. The van der Waals surface area contributed by atoms with Gasteiger partial charge >= 0.3 is 0 Å². The summed E-state index contributed by atoms with van der Waals surface area (Å²) in [6, 6.07) is 0. The molecule has 6 heteroatoms. The van der Waals surface area contributed by atoms with E-state index in [-0.39, 0.29) is 0 Å². The Labute approximate surface area is 106 Å². The Kier molecular flexibility index (Phi) is 11.3. The van der Waals surface area contributed by atoms with E-state index in [1.807, 2.05) is 0 Å². The van der Waals surface area contributed by atoms with E-state index in [0.29, 0.717) is 12.8 Å². The number of nitrogens with zero attached hydrogens (tertiary/aromatic N) is 2. The monoisotopic (exact) mass is 256 g/mol. The van der Waals surface area contributed by atoms with Gasteiger partial charge in [0.2, 0.25) is 12.2 Å². The zero-order chi connectivity index (χ0) is 13.6. The van der Waals surface area contributed by atoms with Crippen LogP contribution in [0.4, 0.5) is 0 Å². The van der Waals surface area contributed by atoms with Crippen molar-refractivity contribution in [3.05, 3.63) is 0 Å². The van der Waals surface area contributed by atoms with Crippen molar-refractivity contribution < 1.29 is 19.8 Å². The second-order valence-electron chi connectivity index (χ2n) is 4.10. The van der Waals surface area contributed by atoms with Crippen LogP contribution in [-0.2, 0) is 9.59 Å². The molecule has 0 radical (unpaired) electrons. The van der Waals surface area contributed by atoms with E-state index < -0.39 is 12.5 Å². The summed E-state index contributed by atoms with van der Waals surface area (Å²) in [6.45, 7) is 0. The van der Waals surface area contributed by atoms with Gasteiger partial charge in [0.25, 0.3) is 0 Å². The molecule has 0 rings (SSSR count). The van der Waals surface area contributed by atoms with Gasteiger partial charge in [0.05, 0.1) is 0 Å². The molecule has 102 valence electrons. The minimum absolute atomic E-state index is 0.488. The van der Waals surface area contributed by atoms with Gasteiger partial charge in [-0.1, -0.05) is 25.7 Å². The minimum Gasteiger partial charge on any atom is -0.371 e. The molecule has 0 aromatic carbocycles. The highest BCUT2D eigenvalue weighted by Gasteiger charge is 2.01. The lowest BCUT2D eigenvalue weighted by molar-refractivity contribution is 0.168. The van der Waals surface area contributed by atoms with Crippen molar-refractivity contribution in [3.8, 4) is 0 Å². The first-order valence-electron chi connectivity index (χ1n) is 6.20. The maximum Gasteiger partial charge on any atom is 0.237 e. The van der Waals surface area contributed by atoms with Crippen LogP contribution in [-0.4, -0.2) is 34.8 Å². The number of unbranched alkanes of at least 4 members (excludes halogenated alkanes) is 5. The molecule has 18 heavy (non-hydrogen) atoms. The number of rotatable bonds is 11. The largest absolute Gasteiger partial charge is 0.371 e. The van der Waals surface area contributed by atoms with Crippen LogP contribution < -0.4 is 0 Å². The predicted molar refractivity (Wildman–Crippen MR) is 65.2 cm³/mol. The molecule has 0 bridgehead atoms. The Bertz CT molecular complexity index is 266. The van der Waals surface area contributed by atoms with Gasteiger partial charge in [-0.05, 0) is 25.7 Å². The molecule has 6 nitrogen and oxygen atoms in total. The van der Waals surface area contributed by atoms with Crippen molar-refractivity contribution in [3.63, 3.8) is 0 Å². The van der Waals surface area contributed by atoms with Gasteiger partial charge in [0.15, 0.2) is 12.5 Å². The zero-order valence-corrected chi connectivity index (χ0v) is 10.4. The van der Waals surface area contributed by atoms with E-state index in [0.717, 1.165) is 38.5 Å². The van der Waals surface area contributed by atoms with Gasteiger partial charge in [0, 0.05) is 0 Å². The Morgan fingerprint density at radius 2 is 1.06 bits per heavy atom. The highest BCUT2D eigenvalue weighted by Crippen LogP contribution is 2.11. The van der Waals surface area contributed by atoms with Gasteiger partial charge in [0.1, 0.15) is 0 Å². The van der Waals surface area contributed by atoms with Crippen LogP contribution in [0.1, 0.15) is 51.4 Å². The molecule has 0 fully saturated rings. The van der Waals surface area contributed by atoms with Crippen molar-refractivity contribution in [1.82, 2.24) is 0 Å². The van der Waals surface area contributed by atoms with E-state index in [1.54, 1.807) is 0 Å². The van der Waals surface area contributed by atoms with Crippen molar-refractivity contribution in [2.24, 2.45) is 9.98 Å². The predicted octanol–water partition coefficient (Wildman–Crippen LogP) is 1.42. The molecule has 0 aliphatic rings. The number of aliphatic hydroxyl groups excluding tert-OH is 2. The van der Waals surface area contributed by atoms with Crippen LogP contribution >= 0.6 is 0 Å². The first-order chi connectivity index (χ1) is 8.70. The zero-order valence-electron chi connectivity index (χ0n) is 10.4. The van der Waals surface area contributed by atoms with E-state index >= 15 is 0 Å². The first-order valence-corrected chi connectivity index (χ1v) is 6.20. The highest BCUT2D eigenvalue weighted by atomic mass is 16.3. The van der Waals surface area contributed by atoms with Crippen LogP contribution in [0.25, 0.3) is 0 Å². The fourth-order valence-electron chi connectivity index (χ4n) is 1.61. The molecule has 0 aliphatic heterocycles. The average Bonchev–Trinajstić information content (AvgIpc) is 2.33. The van der Waals surface area contributed by atoms with Crippen molar-refractivity contribution in [2.45, 2.75) is 63.8 Å². The van der Waals surface area contributed by atoms with Crippen LogP contribution in [0, 0.1) is 0 Å². The Morgan fingerprint density at radius 1 is 0.722 bits per heavy atom. The summed E-state index contributed by atoms with van der Waals surface area (Å²) in [5, 5.41) is 18.2. The topological polar surface area (TPSA) is 99.3 Å². The number of hydrogen-bond acceptors (Lipinski definition) is 6. The summed E-state index contributed by atoms with van der Waals surface area (Å²) in [5.41, 5.74) is 0. The first kappa shape index (κ1) is 16.7. The molecule has 0 heterocycles. The van der Waals surface area contributed by atoms with Gasteiger partial charge < -0.3 is 10.2 Å². The lowest BCUT2D eigenvalue weighted by Crippen LogP contribution is -2.01. The number of hydrogen-bond donors (Lipinski definition) is 2. The lowest BCUT2D eigenvalue weighted by Gasteiger charge is -2.04. The smallest absolute Gasteiger partial charge is 0.237 e. The molecule has 0 aromatic rings. The van der Waals surface area contributed by atoms with Crippen molar-refractivity contribution in [1.29, 1.82) is 0 Å². The molecular formula is C12H20N2O4. The Balaban J connectivity index is 3.26. The average molecular weight is 256 g/mol. The van der Waals surface area contributed by atoms with Gasteiger partial charge in [-0.2, -0.15) is 9.98 Å². The van der Waals surface area contributed by atoms with E-state index in [4.69, 9.17) is 10.2 Å². The third kappa shape index (κ3) is 11.2. The standard InChI is InChI=1S/C12H20N2O4/c15-9-13-11(17)7-5-3-1-2-4-6-8-12(18)14-10-16/h11-12,17-18H,1-8H2. The summed E-state index contributed by atoms with van der Waals surface area (Å²) in [4.78, 5) is 26.0. The van der Waals surface area contributed by atoms with E-state index in [9.17, 15) is 9.59 Å². The third-order valence-corrected chi connectivity index (χ3v) is 2.58. The summed E-state index contributed by atoms with van der Waals surface area (Å²) < 4.78 is 0. The minimum atomic E-state index is -0.918.